The lowest BCUT2D eigenvalue weighted by molar-refractivity contribution is 0.106. The minimum Gasteiger partial charge on any atom is -0.323 e. The van der Waals surface area contributed by atoms with Crippen LogP contribution in [-0.4, -0.2) is 22.7 Å². The molecule has 1 aromatic carbocycles. The van der Waals surface area contributed by atoms with Crippen molar-refractivity contribution in [3.05, 3.63) is 59.4 Å². The summed E-state index contributed by atoms with van der Waals surface area (Å²) in [4.78, 5) is 16.1. The fourth-order valence-corrected chi connectivity index (χ4v) is 1.64. The largest absolute Gasteiger partial charge is 0.323 e. The van der Waals surface area contributed by atoms with Crippen LogP contribution in [0.5, 0.6) is 0 Å². The van der Waals surface area contributed by atoms with Gasteiger partial charge in [-0.25, -0.2) is 0 Å². The van der Waals surface area contributed by atoms with E-state index < -0.39 is 0 Å². The van der Waals surface area contributed by atoms with Crippen molar-refractivity contribution in [3.8, 4) is 0 Å². The number of aromatic nitrogens is 1. The number of Topliss-reactive ketones (excluding diaryl/α,β-unsaturated/α-hetero) is 1. The van der Waals surface area contributed by atoms with Crippen LogP contribution in [-0.2, 0) is 0 Å². The summed E-state index contributed by atoms with van der Waals surface area (Å²) in [6, 6.07) is 10.1. The average molecular weight is 302 g/mol. The number of pyridine rings is 1. The molecular formula is C14H12ClN5O. The molecule has 0 radical (unpaired) electrons. The Morgan fingerprint density at radius 2 is 1.86 bits per heavy atom. The fraction of sp³-hybridized carbons (Fsp3) is 0. The first-order valence-corrected chi connectivity index (χ1v) is 6.36. The molecule has 0 saturated carbocycles. The summed E-state index contributed by atoms with van der Waals surface area (Å²) < 4.78 is 0. The number of hydrogen-bond acceptors (Lipinski definition) is 6. The van der Waals surface area contributed by atoms with Crippen LogP contribution in [0, 0.1) is 0 Å². The first kappa shape index (κ1) is 14.7. The van der Waals surface area contributed by atoms with Gasteiger partial charge in [0.05, 0.1) is 11.9 Å². The Morgan fingerprint density at radius 3 is 2.48 bits per heavy atom. The zero-order chi connectivity index (χ0) is 15.1. The molecule has 1 heterocycles. The van der Waals surface area contributed by atoms with E-state index in [1.807, 2.05) is 0 Å². The second-order valence-electron chi connectivity index (χ2n) is 3.96. The predicted octanol–water partition coefficient (Wildman–Crippen LogP) is 2.33. The van der Waals surface area contributed by atoms with Gasteiger partial charge in [-0.2, -0.15) is 10.2 Å². The van der Waals surface area contributed by atoms with Crippen LogP contribution >= 0.6 is 11.6 Å². The molecule has 0 atom stereocenters. The first-order chi connectivity index (χ1) is 10.2. The highest BCUT2D eigenvalue weighted by Crippen LogP contribution is 2.13. The standard InChI is InChI=1S/C14H12ClN5O/c15-11-1-3-12(4-2-11)19-20-13(9-18-16)14(21)10-5-7-17-8-6-10/h1-9,19H,16H2/b18-9-,20-13-. The number of nitrogens with zero attached hydrogens (tertiary/aromatic N) is 3. The van der Waals surface area contributed by atoms with Crippen LogP contribution in [0.25, 0.3) is 0 Å². The van der Waals surface area contributed by atoms with Gasteiger partial charge in [0.25, 0.3) is 0 Å². The molecule has 0 amide bonds. The summed E-state index contributed by atoms with van der Waals surface area (Å²) in [7, 11) is 0. The number of nitrogens with one attached hydrogen (secondary N) is 1. The molecular weight excluding hydrogens is 290 g/mol. The molecule has 0 aliphatic rings. The molecule has 7 heteroatoms. The Labute approximate surface area is 126 Å². The van der Waals surface area contributed by atoms with Gasteiger partial charge in [0.15, 0.2) is 5.71 Å². The van der Waals surface area contributed by atoms with Crippen LogP contribution in [0.2, 0.25) is 5.02 Å². The third-order valence-corrected chi connectivity index (χ3v) is 2.77. The van der Waals surface area contributed by atoms with Gasteiger partial charge in [-0.1, -0.05) is 11.6 Å². The smallest absolute Gasteiger partial charge is 0.214 e. The lowest BCUT2D eigenvalue weighted by Gasteiger charge is -2.03. The number of halogens is 1. The number of carbonyl (C=O) groups is 1. The molecule has 6 nitrogen and oxygen atoms in total. The molecule has 21 heavy (non-hydrogen) atoms. The SMILES string of the molecule is N/N=C\C(=N\Nc1ccc(Cl)cc1)C(=O)c1ccncc1. The van der Waals surface area contributed by atoms with E-state index in [4.69, 9.17) is 17.4 Å². The van der Waals surface area contributed by atoms with E-state index in [2.05, 4.69) is 20.6 Å². The molecule has 0 aliphatic heterocycles. The maximum Gasteiger partial charge on any atom is 0.214 e. The molecule has 0 unspecified atom stereocenters. The lowest BCUT2D eigenvalue weighted by Crippen LogP contribution is -2.18. The maximum atomic E-state index is 12.2. The molecule has 0 fully saturated rings. The second kappa shape index (κ2) is 7.16. The van der Waals surface area contributed by atoms with E-state index in [9.17, 15) is 4.79 Å². The van der Waals surface area contributed by atoms with E-state index in [0.717, 1.165) is 0 Å². The third kappa shape index (κ3) is 4.12. The second-order valence-corrected chi connectivity index (χ2v) is 4.40. The number of carbonyl (C=O) groups excluding carboxylic acids is 1. The van der Waals surface area contributed by atoms with Crippen LogP contribution in [0.15, 0.2) is 59.0 Å². The number of hydrazone groups is 2. The van der Waals surface area contributed by atoms with Crippen molar-refractivity contribution >= 4 is 35.0 Å². The van der Waals surface area contributed by atoms with E-state index in [1.165, 1.54) is 18.6 Å². The summed E-state index contributed by atoms with van der Waals surface area (Å²) in [6.45, 7) is 0. The predicted molar refractivity (Wildman–Crippen MR) is 83.8 cm³/mol. The number of hydrogen-bond donors (Lipinski definition) is 2. The molecule has 0 bridgehead atoms. The summed E-state index contributed by atoms with van der Waals surface area (Å²) in [5, 5.41) is 7.98. The molecule has 0 aliphatic carbocycles. The van der Waals surface area contributed by atoms with Crippen molar-refractivity contribution in [2.75, 3.05) is 5.43 Å². The number of rotatable bonds is 5. The Kier molecular flexibility index (Phi) is 5.00. The molecule has 1 aromatic heterocycles. The quantitative estimate of drug-likeness (QED) is 0.384. The van der Waals surface area contributed by atoms with Gasteiger partial charge in [0.2, 0.25) is 5.78 Å². The zero-order valence-corrected chi connectivity index (χ0v) is 11.7. The topological polar surface area (TPSA) is 92.7 Å². The minimum absolute atomic E-state index is 0.0821. The molecule has 0 spiro atoms. The van der Waals surface area contributed by atoms with Gasteiger partial charge in [0, 0.05) is 23.0 Å². The van der Waals surface area contributed by atoms with Gasteiger partial charge in [-0.3, -0.25) is 15.2 Å². The molecule has 2 aromatic rings. The maximum absolute atomic E-state index is 12.2. The Morgan fingerprint density at radius 1 is 1.19 bits per heavy atom. The minimum atomic E-state index is -0.312. The first-order valence-electron chi connectivity index (χ1n) is 5.98. The van der Waals surface area contributed by atoms with Gasteiger partial charge in [-0.15, -0.1) is 0 Å². The highest BCUT2D eigenvalue weighted by atomic mass is 35.5. The van der Waals surface area contributed by atoms with Gasteiger partial charge < -0.3 is 5.84 Å². The summed E-state index contributed by atoms with van der Waals surface area (Å²) in [5.41, 5.74) is 3.97. The van der Waals surface area contributed by atoms with Gasteiger partial charge >= 0.3 is 0 Å². The summed E-state index contributed by atoms with van der Waals surface area (Å²) in [5.74, 6) is 4.80. The van der Waals surface area contributed by atoms with Crippen molar-refractivity contribution < 1.29 is 4.79 Å². The molecule has 106 valence electrons. The van der Waals surface area contributed by atoms with Crippen LogP contribution in [0.1, 0.15) is 10.4 Å². The zero-order valence-electron chi connectivity index (χ0n) is 10.9. The molecule has 0 saturated heterocycles. The fourth-order valence-electron chi connectivity index (χ4n) is 1.51. The molecule has 3 N–H and O–H groups in total. The van der Waals surface area contributed by atoms with Crippen molar-refractivity contribution in [1.82, 2.24) is 4.98 Å². The van der Waals surface area contributed by atoms with Crippen molar-refractivity contribution in [2.24, 2.45) is 16.0 Å². The number of anilines is 1. The summed E-state index contributed by atoms with van der Waals surface area (Å²) in [6.07, 6.45) is 4.24. The van der Waals surface area contributed by atoms with Crippen molar-refractivity contribution in [2.45, 2.75) is 0 Å². The van der Waals surface area contributed by atoms with Gasteiger partial charge in [0.1, 0.15) is 0 Å². The van der Waals surface area contributed by atoms with Crippen molar-refractivity contribution in [1.29, 1.82) is 0 Å². The number of ketones is 1. The highest BCUT2D eigenvalue weighted by molar-refractivity contribution is 6.64. The number of benzene rings is 1. The normalized spacial score (nSPS) is 11.6. The van der Waals surface area contributed by atoms with E-state index in [1.54, 1.807) is 36.4 Å². The Balaban J connectivity index is 2.20. The van der Waals surface area contributed by atoms with Crippen molar-refractivity contribution in [3.63, 3.8) is 0 Å². The van der Waals surface area contributed by atoms with E-state index >= 15 is 0 Å². The highest BCUT2D eigenvalue weighted by Gasteiger charge is 2.12. The summed E-state index contributed by atoms with van der Waals surface area (Å²) >= 11 is 5.79. The lowest BCUT2D eigenvalue weighted by atomic mass is 10.1. The molecule has 2 rings (SSSR count). The van der Waals surface area contributed by atoms with Gasteiger partial charge in [-0.05, 0) is 36.4 Å². The average Bonchev–Trinajstić information content (AvgIpc) is 2.53. The van der Waals surface area contributed by atoms with E-state index in [-0.39, 0.29) is 11.5 Å². The third-order valence-electron chi connectivity index (χ3n) is 2.52. The van der Waals surface area contributed by atoms with Crippen LogP contribution in [0.3, 0.4) is 0 Å². The monoisotopic (exact) mass is 301 g/mol. The van der Waals surface area contributed by atoms with Crippen LogP contribution < -0.4 is 11.3 Å². The Hall–Kier alpha value is -2.73. The van der Waals surface area contributed by atoms with Crippen LogP contribution in [0.4, 0.5) is 5.69 Å². The Bertz CT molecular complexity index is 668. The number of nitrogens with two attached hydrogens (primary N) is 1. The van der Waals surface area contributed by atoms with E-state index in [0.29, 0.717) is 16.3 Å².